The Balaban J connectivity index is 1.60. The van der Waals surface area contributed by atoms with Crippen LogP contribution in [0.3, 0.4) is 0 Å². The van der Waals surface area contributed by atoms with E-state index in [2.05, 4.69) is 6.92 Å². The third kappa shape index (κ3) is 4.40. The fraction of sp³-hybridized carbons (Fsp3) is 0.368. The summed E-state index contributed by atoms with van der Waals surface area (Å²) in [6, 6.07) is 16.0. The highest BCUT2D eigenvalue weighted by Gasteiger charge is 2.36. The van der Waals surface area contributed by atoms with Crippen LogP contribution in [0.25, 0.3) is 0 Å². The zero-order valence-electron chi connectivity index (χ0n) is 13.4. The lowest BCUT2D eigenvalue weighted by atomic mass is 10.2. The van der Waals surface area contributed by atoms with Crippen LogP contribution in [-0.2, 0) is 4.74 Å². The van der Waals surface area contributed by atoms with Crippen molar-refractivity contribution in [2.45, 2.75) is 38.0 Å². The molecular formula is C19H21ClO3. The van der Waals surface area contributed by atoms with Crippen molar-refractivity contribution in [3.05, 3.63) is 59.7 Å². The number of aryl methyl sites for hydroxylation is 2. The lowest BCUT2D eigenvalue weighted by molar-refractivity contribution is 0.0107. The average Bonchev–Trinajstić information content (AvgIpc) is 2.89. The number of halogens is 1. The van der Waals surface area contributed by atoms with Gasteiger partial charge in [-0.15, -0.1) is 0 Å². The van der Waals surface area contributed by atoms with E-state index in [9.17, 15) is 0 Å². The predicted octanol–water partition coefficient (Wildman–Crippen LogP) is 4.48. The molecule has 0 N–H and O–H groups in total. The van der Waals surface area contributed by atoms with Gasteiger partial charge >= 0.3 is 0 Å². The Bertz CT molecular complexity index is 624. The normalized spacial score (nSPS) is 23.7. The van der Waals surface area contributed by atoms with E-state index in [-0.39, 0.29) is 17.8 Å². The van der Waals surface area contributed by atoms with Gasteiger partial charge in [-0.1, -0.05) is 47.0 Å². The number of hydrogen-bond acceptors (Lipinski definition) is 3. The fourth-order valence-electron chi connectivity index (χ4n) is 2.54. The van der Waals surface area contributed by atoms with Crippen LogP contribution in [0.15, 0.2) is 48.5 Å². The molecule has 0 aliphatic carbocycles. The Morgan fingerprint density at radius 2 is 1.52 bits per heavy atom. The van der Waals surface area contributed by atoms with Crippen LogP contribution >= 0.6 is 11.6 Å². The largest absolute Gasteiger partial charge is 0.491 e. The second kappa shape index (κ2) is 7.24. The summed E-state index contributed by atoms with van der Waals surface area (Å²) in [7, 11) is 0. The molecular weight excluding hydrogens is 312 g/mol. The van der Waals surface area contributed by atoms with Crippen molar-refractivity contribution in [3.8, 4) is 11.5 Å². The molecule has 1 aliphatic rings. The highest BCUT2D eigenvalue weighted by Crippen LogP contribution is 2.28. The SMILES string of the molecule is Cc1ccc(OC[C@@H]2OC(Cl)C[C@H]2Oc2ccc(C)cc2)cc1. The van der Waals surface area contributed by atoms with Crippen molar-refractivity contribution in [2.75, 3.05) is 6.61 Å². The van der Waals surface area contributed by atoms with Gasteiger partial charge in [0.25, 0.3) is 0 Å². The highest BCUT2D eigenvalue weighted by molar-refractivity contribution is 6.19. The number of benzene rings is 2. The molecule has 0 amide bonds. The Labute approximate surface area is 142 Å². The van der Waals surface area contributed by atoms with Gasteiger partial charge in [0.2, 0.25) is 0 Å². The topological polar surface area (TPSA) is 27.7 Å². The van der Waals surface area contributed by atoms with Crippen molar-refractivity contribution >= 4 is 11.6 Å². The molecule has 3 rings (SSSR count). The van der Waals surface area contributed by atoms with Gasteiger partial charge in [0.1, 0.15) is 35.9 Å². The van der Waals surface area contributed by atoms with E-state index < -0.39 is 0 Å². The second-order valence-corrected chi connectivity index (χ2v) is 6.40. The quantitative estimate of drug-likeness (QED) is 0.755. The Morgan fingerprint density at radius 1 is 0.957 bits per heavy atom. The third-order valence-electron chi connectivity index (χ3n) is 3.90. The molecule has 1 unspecified atom stereocenters. The molecule has 0 aromatic heterocycles. The van der Waals surface area contributed by atoms with Crippen LogP contribution in [0.5, 0.6) is 11.5 Å². The molecule has 3 nitrogen and oxygen atoms in total. The molecule has 1 aliphatic heterocycles. The van der Waals surface area contributed by atoms with Gasteiger partial charge < -0.3 is 14.2 Å². The molecule has 4 heteroatoms. The summed E-state index contributed by atoms with van der Waals surface area (Å²) >= 11 is 6.14. The first-order valence-corrected chi connectivity index (χ1v) is 8.26. The maximum atomic E-state index is 6.14. The summed E-state index contributed by atoms with van der Waals surface area (Å²) in [5.74, 6) is 1.65. The van der Waals surface area contributed by atoms with Crippen LogP contribution in [0, 0.1) is 13.8 Å². The molecule has 2 aromatic carbocycles. The van der Waals surface area contributed by atoms with Crippen LogP contribution in [0.4, 0.5) is 0 Å². The lowest BCUT2D eigenvalue weighted by Crippen LogP contribution is -2.32. The van der Waals surface area contributed by atoms with E-state index in [0.717, 1.165) is 11.5 Å². The molecule has 1 fully saturated rings. The first-order chi connectivity index (χ1) is 11.1. The van der Waals surface area contributed by atoms with Crippen LogP contribution < -0.4 is 9.47 Å². The van der Waals surface area contributed by atoms with Gasteiger partial charge in [0.15, 0.2) is 0 Å². The van der Waals surface area contributed by atoms with E-state index in [1.165, 1.54) is 11.1 Å². The van der Waals surface area contributed by atoms with Crippen LogP contribution in [0.1, 0.15) is 17.5 Å². The maximum absolute atomic E-state index is 6.14. The summed E-state index contributed by atoms with van der Waals surface area (Å²) in [5, 5.41) is 0. The summed E-state index contributed by atoms with van der Waals surface area (Å²) in [6.07, 6.45) is 0.364. The standard InChI is InChI=1S/C19H21ClO3/c1-13-3-7-15(8-4-13)21-12-18-17(11-19(20)23-18)22-16-9-5-14(2)6-10-16/h3-10,17-19H,11-12H2,1-2H3/t17-,18+,19?/m1/s1. The Kier molecular flexibility index (Phi) is 5.09. The Hall–Kier alpha value is -1.71. The van der Waals surface area contributed by atoms with Crippen molar-refractivity contribution < 1.29 is 14.2 Å². The molecule has 1 saturated heterocycles. The van der Waals surface area contributed by atoms with Crippen molar-refractivity contribution in [1.82, 2.24) is 0 Å². The molecule has 0 bridgehead atoms. The van der Waals surface area contributed by atoms with Crippen molar-refractivity contribution in [1.29, 1.82) is 0 Å². The summed E-state index contributed by atoms with van der Waals surface area (Å²) in [4.78, 5) is 0. The van der Waals surface area contributed by atoms with Gasteiger partial charge in [0, 0.05) is 6.42 Å². The molecule has 2 aromatic rings. The van der Waals surface area contributed by atoms with Crippen LogP contribution in [-0.4, -0.2) is 24.4 Å². The third-order valence-corrected chi connectivity index (χ3v) is 4.18. The lowest BCUT2D eigenvalue weighted by Gasteiger charge is -2.20. The van der Waals surface area contributed by atoms with Crippen molar-refractivity contribution in [3.63, 3.8) is 0 Å². The maximum Gasteiger partial charge on any atom is 0.135 e. The van der Waals surface area contributed by atoms with E-state index in [1.54, 1.807) is 0 Å². The molecule has 1 heterocycles. The molecule has 0 saturated carbocycles. The fourth-order valence-corrected chi connectivity index (χ4v) is 2.85. The number of rotatable bonds is 5. The van der Waals surface area contributed by atoms with E-state index in [1.807, 2.05) is 55.5 Å². The van der Waals surface area contributed by atoms with E-state index in [4.69, 9.17) is 25.8 Å². The van der Waals surface area contributed by atoms with Gasteiger partial charge in [-0.25, -0.2) is 0 Å². The molecule has 23 heavy (non-hydrogen) atoms. The van der Waals surface area contributed by atoms with Gasteiger partial charge in [0.05, 0.1) is 0 Å². The first kappa shape index (κ1) is 16.2. The molecule has 0 radical (unpaired) electrons. The van der Waals surface area contributed by atoms with E-state index in [0.29, 0.717) is 13.0 Å². The van der Waals surface area contributed by atoms with Gasteiger partial charge in [-0.2, -0.15) is 0 Å². The number of ether oxygens (including phenoxy) is 3. The summed E-state index contributed by atoms with van der Waals surface area (Å²) < 4.78 is 17.6. The smallest absolute Gasteiger partial charge is 0.135 e. The monoisotopic (exact) mass is 332 g/mol. The predicted molar refractivity (Wildman–Crippen MR) is 91.4 cm³/mol. The number of alkyl halides is 1. The van der Waals surface area contributed by atoms with Crippen molar-refractivity contribution in [2.24, 2.45) is 0 Å². The molecule has 0 spiro atoms. The first-order valence-electron chi connectivity index (χ1n) is 7.82. The van der Waals surface area contributed by atoms with E-state index >= 15 is 0 Å². The average molecular weight is 333 g/mol. The molecule has 3 atom stereocenters. The molecule has 122 valence electrons. The number of hydrogen-bond donors (Lipinski definition) is 0. The minimum atomic E-state index is -0.336. The van der Waals surface area contributed by atoms with Gasteiger partial charge in [-0.05, 0) is 38.1 Å². The summed E-state index contributed by atoms with van der Waals surface area (Å²) in [5.41, 5.74) is 2.07. The Morgan fingerprint density at radius 3 is 2.13 bits per heavy atom. The highest BCUT2D eigenvalue weighted by atomic mass is 35.5. The minimum absolute atomic E-state index is 0.106. The zero-order chi connectivity index (χ0) is 16.2. The zero-order valence-corrected chi connectivity index (χ0v) is 14.1. The summed E-state index contributed by atoms with van der Waals surface area (Å²) in [6.45, 7) is 4.52. The minimum Gasteiger partial charge on any atom is -0.491 e. The van der Waals surface area contributed by atoms with Gasteiger partial charge in [-0.3, -0.25) is 0 Å². The van der Waals surface area contributed by atoms with Crippen LogP contribution in [0.2, 0.25) is 0 Å². The second-order valence-electron chi connectivity index (χ2n) is 5.91.